The number of nitrogens with one attached hydrogen (secondary N) is 2. The van der Waals surface area contributed by atoms with Gasteiger partial charge in [0.05, 0.1) is 16.4 Å². The van der Waals surface area contributed by atoms with Crippen molar-refractivity contribution < 1.29 is 28.6 Å². The first kappa shape index (κ1) is 21.9. The molecule has 0 fully saturated rings. The van der Waals surface area contributed by atoms with Crippen molar-refractivity contribution in [2.45, 2.75) is 65.2 Å². The lowest BCUT2D eigenvalue weighted by molar-refractivity contribution is -0.153. The van der Waals surface area contributed by atoms with Gasteiger partial charge in [0.15, 0.2) is 0 Å². The third kappa shape index (κ3) is 7.99. The molecule has 0 aliphatic carbocycles. The predicted molar refractivity (Wildman–Crippen MR) is 86.7 cm³/mol. The summed E-state index contributed by atoms with van der Waals surface area (Å²) in [5, 5.41) is 2.60. The number of methoxy groups -OCH3 is 1. The summed E-state index contributed by atoms with van der Waals surface area (Å²) >= 11 is 0. The minimum Gasteiger partial charge on any atom is -0.461 e. The standard InChI is InChI=1S/C16H27N3O5/c1-6-11(4)14(23-5)15(21)19-13(16(22)24-10(2)3)8-7-12(20)9-18-17/h9-11,13-14,17H,6-8H2,1-5H3/p+1/t11?,13-,14-/m0/s1. The molecule has 0 bridgehead atoms. The van der Waals surface area contributed by atoms with Crippen molar-refractivity contribution in [2.24, 2.45) is 5.92 Å². The van der Waals surface area contributed by atoms with Crippen LogP contribution >= 0.6 is 0 Å². The van der Waals surface area contributed by atoms with Crippen molar-refractivity contribution in [2.75, 3.05) is 7.11 Å². The molecule has 1 unspecified atom stereocenters. The molecule has 0 spiro atoms. The van der Waals surface area contributed by atoms with Gasteiger partial charge in [0.25, 0.3) is 0 Å². The van der Waals surface area contributed by atoms with Crippen LogP contribution in [0.5, 0.6) is 0 Å². The average molecular weight is 342 g/mol. The van der Waals surface area contributed by atoms with E-state index in [9.17, 15) is 14.4 Å². The van der Waals surface area contributed by atoms with Crippen LogP contribution in [-0.2, 0) is 23.9 Å². The highest BCUT2D eigenvalue weighted by Gasteiger charge is 2.30. The quantitative estimate of drug-likeness (QED) is 0.252. The Labute approximate surface area is 142 Å². The second kappa shape index (κ2) is 11.5. The average Bonchev–Trinajstić information content (AvgIpc) is 2.51. The Bertz CT molecular complexity index is 486. The van der Waals surface area contributed by atoms with Gasteiger partial charge in [-0.25, -0.2) is 4.79 Å². The summed E-state index contributed by atoms with van der Waals surface area (Å²) < 4.78 is 10.3. The lowest BCUT2D eigenvalue weighted by Gasteiger charge is -2.24. The van der Waals surface area contributed by atoms with E-state index < -0.39 is 29.8 Å². The number of carbonyl (C=O) groups is 3. The Balaban J connectivity index is 5.03. The first-order valence-corrected chi connectivity index (χ1v) is 8.03. The third-order valence-electron chi connectivity index (χ3n) is 3.51. The smallest absolute Gasteiger partial charge is 0.372 e. The molecular formula is C16H28N3O5+. The van der Waals surface area contributed by atoms with Crippen molar-refractivity contribution >= 4 is 23.9 Å². The number of ketones is 1. The van der Waals surface area contributed by atoms with Gasteiger partial charge in [-0.05, 0) is 26.2 Å². The fourth-order valence-corrected chi connectivity index (χ4v) is 2.05. The first-order valence-electron chi connectivity index (χ1n) is 8.03. The lowest BCUT2D eigenvalue weighted by Crippen LogP contribution is -2.49. The summed E-state index contributed by atoms with van der Waals surface area (Å²) in [6.45, 7) is 7.22. The molecule has 3 atom stereocenters. The first-order chi connectivity index (χ1) is 11.3. The second-order valence-corrected chi connectivity index (χ2v) is 5.85. The molecule has 0 rings (SSSR count). The minimum absolute atomic E-state index is 0.0196. The van der Waals surface area contributed by atoms with Crippen LogP contribution in [0.3, 0.4) is 0 Å². The summed E-state index contributed by atoms with van der Waals surface area (Å²) in [5.41, 5.74) is 6.63. The second-order valence-electron chi connectivity index (χ2n) is 5.85. The molecule has 0 aliphatic rings. The molecule has 0 saturated carbocycles. The molecule has 0 aliphatic heterocycles. The van der Waals surface area contributed by atoms with Crippen LogP contribution < -0.4 is 5.32 Å². The maximum absolute atomic E-state index is 12.4. The number of ether oxygens (including phenoxy) is 2. The summed E-state index contributed by atoms with van der Waals surface area (Å²) in [5.74, 6) is -1.44. The Hall–Kier alpha value is -2.05. The molecule has 2 N–H and O–H groups in total. The maximum atomic E-state index is 12.4. The molecule has 0 heterocycles. The van der Waals surface area contributed by atoms with Crippen LogP contribution in [0.2, 0.25) is 0 Å². The van der Waals surface area contributed by atoms with Crippen LogP contribution in [-0.4, -0.2) is 54.0 Å². The SMILES string of the molecule is CCC(C)[C@H](OC)C(=O)N[C@@H](CCC(=O)C=[N+]=N)C(=O)OC(C)C. The molecule has 8 nitrogen and oxygen atoms in total. The van der Waals surface area contributed by atoms with Gasteiger partial charge in [0, 0.05) is 13.5 Å². The molecule has 0 aromatic rings. The van der Waals surface area contributed by atoms with Gasteiger partial charge in [-0.1, -0.05) is 20.3 Å². The number of carbonyl (C=O) groups excluding carboxylic acids is 3. The Kier molecular flexibility index (Phi) is 10.5. The fourth-order valence-electron chi connectivity index (χ4n) is 2.05. The summed E-state index contributed by atoms with van der Waals surface area (Å²) in [4.78, 5) is 38.9. The number of esters is 1. The van der Waals surface area contributed by atoms with Crippen LogP contribution in [0.4, 0.5) is 0 Å². The minimum atomic E-state index is -0.954. The van der Waals surface area contributed by atoms with Gasteiger partial charge < -0.3 is 14.8 Å². The fraction of sp³-hybridized carbons (Fsp3) is 0.750. The lowest BCUT2D eigenvalue weighted by atomic mass is 10.0. The Morgan fingerprint density at radius 1 is 1.25 bits per heavy atom. The van der Waals surface area contributed by atoms with E-state index in [0.717, 1.165) is 12.6 Å². The van der Waals surface area contributed by atoms with Gasteiger partial charge in [-0.2, -0.15) is 0 Å². The van der Waals surface area contributed by atoms with Crippen LogP contribution in [0, 0.1) is 11.4 Å². The largest absolute Gasteiger partial charge is 0.461 e. The maximum Gasteiger partial charge on any atom is 0.372 e. The number of rotatable bonds is 11. The van der Waals surface area contributed by atoms with Gasteiger partial charge in [-0.3, -0.25) is 9.59 Å². The van der Waals surface area contributed by atoms with Crippen molar-refractivity contribution in [3.63, 3.8) is 0 Å². The van der Waals surface area contributed by atoms with Gasteiger partial charge in [0.1, 0.15) is 12.1 Å². The van der Waals surface area contributed by atoms with E-state index in [1.165, 1.54) is 7.11 Å². The van der Waals surface area contributed by atoms with Crippen LogP contribution in [0.1, 0.15) is 47.0 Å². The van der Waals surface area contributed by atoms with Gasteiger partial charge >= 0.3 is 12.2 Å². The molecule has 8 heteroatoms. The topological polar surface area (TPSA) is 120 Å². The molecule has 136 valence electrons. The van der Waals surface area contributed by atoms with E-state index in [0.29, 0.717) is 0 Å². The van der Waals surface area contributed by atoms with E-state index in [2.05, 4.69) is 10.1 Å². The van der Waals surface area contributed by atoms with E-state index in [1.807, 2.05) is 13.8 Å². The zero-order valence-electron chi connectivity index (χ0n) is 15.0. The molecule has 24 heavy (non-hydrogen) atoms. The molecule has 0 aromatic heterocycles. The molecule has 0 aromatic carbocycles. The number of amides is 1. The predicted octanol–water partition coefficient (Wildman–Crippen LogP) is 1.14. The number of hydrogen-bond acceptors (Lipinski definition) is 6. The van der Waals surface area contributed by atoms with Crippen molar-refractivity contribution in [1.82, 2.24) is 5.32 Å². The molecule has 1 amide bonds. The Morgan fingerprint density at radius 3 is 2.33 bits per heavy atom. The van der Waals surface area contributed by atoms with E-state index in [-0.39, 0.29) is 24.9 Å². The third-order valence-corrected chi connectivity index (χ3v) is 3.51. The highest BCUT2D eigenvalue weighted by atomic mass is 16.5. The number of hydrogen-bond donors (Lipinski definition) is 2. The Morgan fingerprint density at radius 2 is 1.88 bits per heavy atom. The van der Waals surface area contributed by atoms with Gasteiger partial charge in [-0.15, -0.1) is 0 Å². The summed E-state index contributed by atoms with van der Waals surface area (Å²) in [6.07, 6.45) is 0.626. The highest BCUT2D eigenvalue weighted by molar-refractivity contribution is 6.25. The highest BCUT2D eigenvalue weighted by Crippen LogP contribution is 2.12. The van der Waals surface area contributed by atoms with Crippen molar-refractivity contribution in [3.05, 3.63) is 0 Å². The van der Waals surface area contributed by atoms with Gasteiger partial charge in [0.2, 0.25) is 11.7 Å². The van der Waals surface area contributed by atoms with Crippen LogP contribution in [0.25, 0.3) is 0 Å². The van der Waals surface area contributed by atoms with E-state index in [1.54, 1.807) is 13.8 Å². The number of Topliss-reactive ketones (excluding diaryl/α,β-unsaturated/α-hetero) is 1. The van der Waals surface area contributed by atoms with E-state index >= 15 is 0 Å². The summed E-state index contributed by atoms with van der Waals surface area (Å²) in [6, 6.07) is -0.954. The van der Waals surface area contributed by atoms with Crippen molar-refractivity contribution in [3.8, 4) is 0 Å². The van der Waals surface area contributed by atoms with Crippen molar-refractivity contribution in [1.29, 1.82) is 5.53 Å². The summed E-state index contributed by atoms with van der Waals surface area (Å²) in [7, 11) is 1.44. The molecule has 0 saturated heterocycles. The van der Waals surface area contributed by atoms with Crippen LogP contribution in [0.15, 0.2) is 0 Å². The monoisotopic (exact) mass is 342 g/mol. The zero-order valence-corrected chi connectivity index (χ0v) is 15.0. The molecular weight excluding hydrogens is 314 g/mol. The molecule has 0 radical (unpaired) electrons. The number of nitrogens with zero attached hydrogens (tertiary/aromatic N) is 1. The normalized spacial score (nSPS) is 14.2. The zero-order chi connectivity index (χ0) is 18.7. The van der Waals surface area contributed by atoms with E-state index in [4.69, 9.17) is 15.0 Å².